The molecule has 0 unspecified atom stereocenters. The summed E-state index contributed by atoms with van der Waals surface area (Å²) < 4.78 is 248. The molecule has 4 aromatic carbocycles. The van der Waals surface area contributed by atoms with Gasteiger partial charge in [-0.3, -0.25) is 9.59 Å². The van der Waals surface area contributed by atoms with E-state index in [2.05, 4.69) is 4.74 Å². The Morgan fingerprint density at radius 1 is 1.06 bits per heavy atom. The van der Waals surface area contributed by atoms with Crippen LogP contribution in [0.5, 0.6) is 0 Å². The number of carbonyl (C=O) groups excluding carboxylic acids is 1. The molecule has 0 saturated carbocycles. The van der Waals surface area contributed by atoms with Gasteiger partial charge in [-0.25, -0.2) is 8.78 Å². The van der Waals surface area contributed by atoms with Gasteiger partial charge in [0.25, 0.3) is 0 Å². The molecule has 278 valence electrons. The molecular weight excluding hydrogens is 710 g/mol. The molecule has 0 bridgehead atoms. The Morgan fingerprint density at radius 3 is 2.43 bits per heavy atom. The summed E-state index contributed by atoms with van der Waals surface area (Å²) in [4.78, 5) is 29.0. The third kappa shape index (κ3) is 9.17. The molecule has 1 aliphatic rings. The van der Waals surface area contributed by atoms with Gasteiger partial charge < -0.3 is 19.1 Å². The first kappa shape index (κ1) is 20.2. The number of thioether (sulfide) groups is 1. The van der Waals surface area contributed by atoms with Crippen LogP contribution in [0.3, 0.4) is 0 Å². The number of halogens is 5. The van der Waals surface area contributed by atoms with Crippen molar-refractivity contribution < 1.29 is 58.9 Å². The van der Waals surface area contributed by atoms with Crippen molar-refractivity contribution in [2.75, 3.05) is 33.1 Å². The zero-order valence-electron chi connectivity index (χ0n) is 47.3. The fraction of sp³-hybridized carbons (Fsp3) is 0.317. The number of likely N-dealkylation sites (tertiary alicyclic amines) is 1. The SMILES string of the molecule is [2H]c1c(C)c([2H])c2c(=O)c([2H])c(SC([2H])([2H])c3cccc(F)c3F)n(CC(=O)N(Cc3ccc(-c4ccc(C(F)(F)F)cc4)cc3)C3([2H])C([2H])([2H])C([2H])([2H])N(CC([2H])([2H])OC([2H])([2H])[2H])C([2H])([2H])C3([2H])[2H])c2c1[2H]. The van der Waals surface area contributed by atoms with Crippen LogP contribution in [-0.4, -0.2) is 59.4 Å². The lowest BCUT2D eigenvalue weighted by molar-refractivity contribution is -0.137. The predicted octanol–water partition coefficient (Wildman–Crippen LogP) is 8.71. The number of methoxy groups -OCH3 is 1. The van der Waals surface area contributed by atoms with E-state index in [1.165, 1.54) is 12.1 Å². The lowest BCUT2D eigenvalue weighted by atomic mass is 10.00. The van der Waals surface area contributed by atoms with Gasteiger partial charge in [-0.1, -0.05) is 60.1 Å². The number of aromatic nitrogens is 1. The summed E-state index contributed by atoms with van der Waals surface area (Å²) in [6.07, 6.45) is -13.3. The summed E-state index contributed by atoms with van der Waals surface area (Å²) >= 11 is -0.215. The van der Waals surface area contributed by atoms with Crippen LogP contribution in [0.4, 0.5) is 22.0 Å². The Hall–Kier alpha value is -4.52. The third-order valence-corrected chi connectivity index (χ3v) is 8.55. The van der Waals surface area contributed by atoms with Gasteiger partial charge in [-0.05, 0) is 66.6 Å². The van der Waals surface area contributed by atoms with Crippen LogP contribution in [0, 0.1) is 18.6 Å². The molecule has 12 heteroatoms. The van der Waals surface area contributed by atoms with Gasteiger partial charge in [0.2, 0.25) is 5.91 Å². The standard InChI is InChI=1S/C41H40F5N3O3S/c1-27-6-15-36-34(22-27)37(50)23-39(53-26-31-4-3-5-35(42)40(31)43)49(36)25-38(51)48(33-16-18-47(19-17-33)20-21-52-2)24-28-7-9-29(10-8-28)30-11-13-32(14-12-30)41(44,45)46/h3-15,22-23,33H,16-21,24-26H2,1-2H3/i2D3,6D,15D,16D2,17D2,18D2,19D2,21D2,22D,23D,26D2,33D. The topological polar surface area (TPSA) is 54.8 Å². The van der Waals surface area contributed by atoms with E-state index in [9.17, 15) is 29.2 Å². The first-order valence-corrected chi connectivity index (χ1v) is 16.2. The average Bonchev–Trinajstić information content (AvgIpc) is 3.27. The number of piperidine rings is 1. The van der Waals surface area contributed by atoms with Gasteiger partial charge in [-0.2, -0.15) is 13.2 Å². The molecule has 53 heavy (non-hydrogen) atoms. The van der Waals surface area contributed by atoms with E-state index in [0.29, 0.717) is 10.6 Å². The molecule has 0 aliphatic carbocycles. The maximum absolute atomic E-state index is 15.4. The summed E-state index contributed by atoms with van der Waals surface area (Å²) in [5, 5.41) is -1.83. The maximum atomic E-state index is 15.4. The lowest BCUT2D eigenvalue weighted by Gasteiger charge is -2.39. The number of pyridine rings is 1. The number of nitrogens with zero attached hydrogens (tertiary/aromatic N) is 3. The minimum Gasteiger partial charge on any atom is -0.383 e. The molecule has 0 atom stereocenters. The highest BCUT2D eigenvalue weighted by atomic mass is 32.2. The maximum Gasteiger partial charge on any atom is 0.416 e. The van der Waals surface area contributed by atoms with Crippen LogP contribution >= 0.6 is 11.8 Å². The first-order chi connectivity index (χ1) is 33.1. The van der Waals surface area contributed by atoms with Crippen LogP contribution in [0.1, 0.15) is 62.4 Å². The van der Waals surface area contributed by atoms with E-state index in [1.807, 2.05) is 0 Å². The fourth-order valence-corrected chi connectivity index (χ4v) is 5.84. The summed E-state index contributed by atoms with van der Waals surface area (Å²) in [6.45, 7) is -15.4. The van der Waals surface area contributed by atoms with Gasteiger partial charge in [-0.15, -0.1) is 11.8 Å². The van der Waals surface area contributed by atoms with Crippen molar-refractivity contribution in [1.29, 1.82) is 0 Å². The normalized spacial score (nSPS) is 24.9. The molecule has 6 rings (SSSR count). The monoisotopic (exact) mass is 769 g/mol. The Balaban J connectivity index is 1.62. The molecule has 1 amide bonds. The number of hydrogen-bond acceptors (Lipinski definition) is 5. The van der Waals surface area contributed by atoms with Crippen molar-refractivity contribution in [2.45, 2.75) is 55.7 Å². The Kier molecular flexibility index (Phi) is 6.36. The second-order valence-electron chi connectivity index (χ2n) is 11.3. The average molecular weight is 770 g/mol. The number of fused-ring (bicyclic) bond motifs is 1. The number of amides is 1. The van der Waals surface area contributed by atoms with E-state index >= 15 is 9.18 Å². The summed E-state index contributed by atoms with van der Waals surface area (Å²) in [5.74, 6) is -5.06. The molecule has 6 nitrogen and oxygen atoms in total. The van der Waals surface area contributed by atoms with Crippen molar-refractivity contribution in [1.82, 2.24) is 14.4 Å². The van der Waals surface area contributed by atoms with Crippen molar-refractivity contribution in [3.05, 3.63) is 135 Å². The van der Waals surface area contributed by atoms with Gasteiger partial charge in [0.15, 0.2) is 17.1 Å². The lowest BCUT2D eigenvalue weighted by Crippen LogP contribution is -2.48. The summed E-state index contributed by atoms with van der Waals surface area (Å²) in [7, 11) is -3.58. The van der Waals surface area contributed by atoms with Crippen LogP contribution in [0.2, 0.25) is 0 Å². The van der Waals surface area contributed by atoms with Gasteiger partial charge in [0.05, 0.1) is 36.4 Å². The highest BCUT2D eigenvalue weighted by Gasteiger charge is 2.31. The van der Waals surface area contributed by atoms with Gasteiger partial charge >= 0.3 is 6.18 Å². The van der Waals surface area contributed by atoms with Gasteiger partial charge in [0, 0.05) is 75.5 Å². The summed E-state index contributed by atoms with van der Waals surface area (Å²) in [5.41, 5.74) is -7.56. The van der Waals surface area contributed by atoms with Crippen molar-refractivity contribution >= 4 is 28.6 Å². The molecule has 0 N–H and O–H groups in total. The summed E-state index contributed by atoms with van der Waals surface area (Å²) in [6, 6.07) is 2.96. The molecule has 1 aliphatic heterocycles. The second-order valence-corrected chi connectivity index (χ2v) is 12.1. The fourth-order valence-electron chi connectivity index (χ4n) is 5.07. The molecule has 1 saturated heterocycles. The number of benzene rings is 4. The van der Waals surface area contributed by atoms with Gasteiger partial charge in [0.1, 0.15) is 6.54 Å². The van der Waals surface area contributed by atoms with Crippen LogP contribution in [0.25, 0.3) is 22.0 Å². The minimum absolute atomic E-state index is 0.0232. The first-order valence-electron chi connectivity index (χ1n) is 25.4. The molecule has 1 fully saturated rings. The minimum atomic E-state index is -4.69. The molecule has 0 radical (unpaired) electrons. The van der Waals surface area contributed by atoms with E-state index in [1.54, 1.807) is 0 Å². The van der Waals surface area contributed by atoms with E-state index < -0.39 is 156 Å². The number of carbonyl (C=O) groups is 1. The molecule has 2 heterocycles. The Labute approximate surface area is 337 Å². The molecule has 0 spiro atoms. The number of alkyl halides is 3. The number of ether oxygens (including phenoxy) is 1. The number of hydrogen-bond donors (Lipinski definition) is 0. The van der Waals surface area contributed by atoms with Crippen LogP contribution < -0.4 is 5.43 Å². The van der Waals surface area contributed by atoms with E-state index in [-0.39, 0.29) is 38.9 Å². The highest BCUT2D eigenvalue weighted by Crippen LogP contribution is 2.32. The van der Waals surface area contributed by atoms with Crippen molar-refractivity contribution in [2.24, 2.45) is 0 Å². The van der Waals surface area contributed by atoms with E-state index in [0.717, 1.165) is 55.5 Å². The van der Waals surface area contributed by atoms with Crippen molar-refractivity contribution in [3.8, 4) is 11.1 Å². The predicted molar refractivity (Wildman–Crippen MR) is 198 cm³/mol. The largest absolute Gasteiger partial charge is 0.416 e. The molecular formula is C41H40F5N3O3S. The van der Waals surface area contributed by atoms with Crippen LogP contribution in [-0.2, 0) is 34.5 Å². The van der Waals surface area contributed by atoms with Crippen molar-refractivity contribution in [3.63, 3.8) is 0 Å². The van der Waals surface area contributed by atoms with Crippen LogP contribution in [0.15, 0.2) is 101 Å². The second kappa shape index (κ2) is 16.7. The quantitative estimate of drug-likeness (QED) is 0.0940. The third-order valence-electron chi connectivity index (χ3n) is 7.71. The smallest absolute Gasteiger partial charge is 0.383 e. The molecule has 1 aromatic heterocycles. The zero-order valence-corrected chi connectivity index (χ0v) is 28.2. The van der Waals surface area contributed by atoms with E-state index in [4.69, 9.17) is 20.6 Å². The molecule has 5 aromatic rings. The number of rotatable bonds is 12. The zero-order chi connectivity index (χ0) is 55.4. The highest BCUT2D eigenvalue weighted by molar-refractivity contribution is 7.98. The Bertz CT molecular complexity index is 3020. The Morgan fingerprint density at radius 2 is 1.75 bits per heavy atom.